The molecular formula is C18H17N3O2S. The minimum Gasteiger partial charge on any atom is -0.494 e. The fraction of sp³-hybridized carbons (Fsp3) is 0.167. The van der Waals surface area contributed by atoms with Crippen LogP contribution in [0.3, 0.4) is 0 Å². The zero-order valence-electron chi connectivity index (χ0n) is 13.2. The summed E-state index contributed by atoms with van der Waals surface area (Å²) in [4.78, 5) is 12.1. The summed E-state index contributed by atoms with van der Waals surface area (Å²) in [5, 5.41) is 12.2. The molecular weight excluding hydrogens is 322 g/mol. The predicted octanol–water partition coefficient (Wildman–Crippen LogP) is 3.79. The summed E-state index contributed by atoms with van der Waals surface area (Å²) < 4.78 is 5.42. The number of hydrogen-bond donors (Lipinski definition) is 1. The zero-order valence-corrected chi connectivity index (χ0v) is 14.0. The molecule has 0 spiro atoms. The number of benzene rings is 2. The number of nitrogens with zero attached hydrogens (tertiary/aromatic N) is 2. The first-order valence-corrected chi connectivity index (χ1v) is 8.47. The summed E-state index contributed by atoms with van der Waals surface area (Å²) in [6.07, 6.45) is 0.318. The van der Waals surface area contributed by atoms with Gasteiger partial charge in [0.2, 0.25) is 11.0 Å². The van der Waals surface area contributed by atoms with Crippen molar-refractivity contribution in [3.05, 3.63) is 60.2 Å². The summed E-state index contributed by atoms with van der Waals surface area (Å²) in [7, 11) is 0. The molecule has 0 aliphatic rings. The third-order valence-electron chi connectivity index (χ3n) is 3.29. The Balaban J connectivity index is 1.63. The lowest BCUT2D eigenvalue weighted by atomic mass is 10.1. The molecule has 0 fully saturated rings. The van der Waals surface area contributed by atoms with Gasteiger partial charge in [-0.1, -0.05) is 41.7 Å². The average molecular weight is 339 g/mol. The Morgan fingerprint density at radius 2 is 1.83 bits per heavy atom. The van der Waals surface area contributed by atoms with Gasteiger partial charge < -0.3 is 10.1 Å². The molecule has 2 aromatic carbocycles. The van der Waals surface area contributed by atoms with Gasteiger partial charge in [0.15, 0.2) is 0 Å². The first kappa shape index (κ1) is 16.1. The number of anilines is 1. The molecule has 0 radical (unpaired) electrons. The maximum atomic E-state index is 12.1. The van der Waals surface area contributed by atoms with Crippen molar-refractivity contribution in [2.75, 3.05) is 11.9 Å². The molecule has 122 valence electrons. The van der Waals surface area contributed by atoms with E-state index >= 15 is 0 Å². The van der Waals surface area contributed by atoms with E-state index in [1.807, 2.05) is 61.5 Å². The van der Waals surface area contributed by atoms with Crippen LogP contribution in [0.15, 0.2) is 54.6 Å². The topological polar surface area (TPSA) is 64.1 Å². The molecule has 3 aromatic rings. The highest BCUT2D eigenvalue weighted by Crippen LogP contribution is 2.27. The number of carbonyl (C=O) groups excluding carboxylic acids is 1. The molecule has 1 heterocycles. The van der Waals surface area contributed by atoms with Crippen LogP contribution >= 0.6 is 11.3 Å². The molecule has 0 bridgehead atoms. The number of amides is 1. The molecule has 0 atom stereocenters. The van der Waals surface area contributed by atoms with E-state index < -0.39 is 0 Å². The van der Waals surface area contributed by atoms with Crippen LogP contribution in [0.5, 0.6) is 5.75 Å². The SMILES string of the molecule is CCOc1ccc(-c2nnc(NC(=O)Cc3ccccc3)s2)cc1. The van der Waals surface area contributed by atoms with Crippen molar-refractivity contribution in [2.24, 2.45) is 0 Å². The van der Waals surface area contributed by atoms with Gasteiger partial charge >= 0.3 is 0 Å². The van der Waals surface area contributed by atoms with Crippen molar-refractivity contribution in [1.29, 1.82) is 0 Å². The fourth-order valence-electron chi connectivity index (χ4n) is 2.20. The van der Waals surface area contributed by atoms with Crippen LogP contribution in [-0.2, 0) is 11.2 Å². The average Bonchev–Trinajstić information content (AvgIpc) is 3.05. The molecule has 0 aliphatic carbocycles. The van der Waals surface area contributed by atoms with Crippen molar-refractivity contribution >= 4 is 22.4 Å². The monoisotopic (exact) mass is 339 g/mol. The Labute approximate surface area is 144 Å². The summed E-state index contributed by atoms with van der Waals surface area (Å²) in [6.45, 7) is 2.58. The predicted molar refractivity (Wildman–Crippen MR) is 95.3 cm³/mol. The minimum atomic E-state index is -0.101. The third-order valence-corrected chi connectivity index (χ3v) is 4.18. The minimum absolute atomic E-state index is 0.101. The molecule has 0 saturated heterocycles. The molecule has 1 N–H and O–H groups in total. The molecule has 0 unspecified atom stereocenters. The molecule has 3 rings (SSSR count). The Kier molecular flexibility index (Phi) is 5.18. The van der Waals surface area contributed by atoms with Crippen molar-refractivity contribution in [3.63, 3.8) is 0 Å². The van der Waals surface area contributed by atoms with E-state index in [1.165, 1.54) is 11.3 Å². The highest BCUT2D eigenvalue weighted by molar-refractivity contribution is 7.18. The maximum absolute atomic E-state index is 12.1. The number of rotatable bonds is 6. The number of nitrogens with one attached hydrogen (secondary N) is 1. The summed E-state index contributed by atoms with van der Waals surface area (Å²) in [5.41, 5.74) is 1.91. The van der Waals surface area contributed by atoms with E-state index in [9.17, 15) is 4.79 Å². The van der Waals surface area contributed by atoms with Crippen LogP contribution in [0.25, 0.3) is 10.6 Å². The Morgan fingerprint density at radius 3 is 2.54 bits per heavy atom. The summed E-state index contributed by atoms with van der Waals surface area (Å²) in [5.74, 6) is 0.720. The van der Waals surface area contributed by atoms with Crippen LogP contribution in [0.4, 0.5) is 5.13 Å². The standard InChI is InChI=1S/C18H17N3O2S/c1-2-23-15-10-8-14(9-11-15)17-20-21-18(24-17)19-16(22)12-13-6-4-3-5-7-13/h3-11H,2,12H2,1H3,(H,19,21,22). The van der Waals surface area contributed by atoms with Gasteiger partial charge in [-0.05, 0) is 36.8 Å². The normalized spacial score (nSPS) is 10.4. The number of ether oxygens (including phenoxy) is 1. The molecule has 1 amide bonds. The lowest BCUT2D eigenvalue weighted by Crippen LogP contribution is -2.14. The first-order chi connectivity index (χ1) is 11.7. The lowest BCUT2D eigenvalue weighted by Gasteiger charge is -2.02. The number of hydrogen-bond acceptors (Lipinski definition) is 5. The van der Waals surface area contributed by atoms with E-state index in [-0.39, 0.29) is 5.91 Å². The third kappa shape index (κ3) is 4.17. The Morgan fingerprint density at radius 1 is 1.08 bits per heavy atom. The van der Waals surface area contributed by atoms with Gasteiger partial charge in [0.25, 0.3) is 0 Å². The van der Waals surface area contributed by atoms with Gasteiger partial charge in [-0.25, -0.2) is 0 Å². The van der Waals surface area contributed by atoms with E-state index in [0.717, 1.165) is 21.9 Å². The van der Waals surface area contributed by atoms with Gasteiger partial charge in [-0.2, -0.15) is 0 Å². The Bertz CT molecular complexity index is 801. The van der Waals surface area contributed by atoms with Crippen LogP contribution in [-0.4, -0.2) is 22.7 Å². The molecule has 1 aromatic heterocycles. The van der Waals surface area contributed by atoms with Crippen LogP contribution in [0.1, 0.15) is 12.5 Å². The highest BCUT2D eigenvalue weighted by atomic mass is 32.1. The second kappa shape index (κ2) is 7.70. The molecule has 0 saturated carbocycles. The van der Waals surface area contributed by atoms with Crippen molar-refractivity contribution in [2.45, 2.75) is 13.3 Å². The van der Waals surface area contributed by atoms with Crippen LogP contribution < -0.4 is 10.1 Å². The van der Waals surface area contributed by atoms with Crippen molar-refractivity contribution in [1.82, 2.24) is 10.2 Å². The van der Waals surface area contributed by atoms with Crippen molar-refractivity contribution in [3.8, 4) is 16.3 Å². The Hall–Kier alpha value is -2.73. The van der Waals surface area contributed by atoms with Crippen LogP contribution in [0.2, 0.25) is 0 Å². The number of aromatic nitrogens is 2. The smallest absolute Gasteiger partial charge is 0.230 e. The number of carbonyl (C=O) groups is 1. The molecule has 24 heavy (non-hydrogen) atoms. The molecule has 5 nitrogen and oxygen atoms in total. The van der Waals surface area contributed by atoms with E-state index in [0.29, 0.717) is 18.2 Å². The zero-order chi connectivity index (χ0) is 16.8. The lowest BCUT2D eigenvalue weighted by molar-refractivity contribution is -0.115. The van der Waals surface area contributed by atoms with E-state index in [1.54, 1.807) is 0 Å². The maximum Gasteiger partial charge on any atom is 0.230 e. The fourth-order valence-corrected chi connectivity index (χ4v) is 2.96. The van der Waals surface area contributed by atoms with Crippen LogP contribution in [0, 0.1) is 0 Å². The second-order valence-electron chi connectivity index (χ2n) is 5.08. The van der Waals surface area contributed by atoms with Gasteiger partial charge in [-0.3, -0.25) is 4.79 Å². The largest absolute Gasteiger partial charge is 0.494 e. The first-order valence-electron chi connectivity index (χ1n) is 7.65. The van der Waals surface area contributed by atoms with E-state index in [2.05, 4.69) is 15.5 Å². The summed E-state index contributed by atoms with van der Waals surface area (Å²) in [6, 6.07) is 17.3. The second-order valence-corrected chi connectivity index (χ2v) is 6.06. The molecule has 0 aliphatic heterocycles. The quantitative estimate of drug-likeness (QED) is 0.742. The van der Waals surface area contributed by atoms with Gasteiger partial charge in [0, 0.05) is 5.56 Å². The molecule has 6 heteroatoms. The van der Waals surface area contributed by atoms with Gasteiger partial charge in [-0.15, -0.1) is 10.2 Å². The summed E-state index contributed by atoms with van der Waals surface area (Å²) >= 11 is 1.35. The van der Waals surface area contributed by atoms with Crippen molar-refractivity contribution < 1.29 is 9.53 Å². The van der Waals surface area contributed by atoms with Gasteiger partial charge in [0.05, 0.1) is 13.0 Å². The van der Waals surface area contributed by atoms with E-state index in [4.69, 9.17) is 4.74 Å². The van der Waals surface area contributed by atoms with Gasteiger partial charge in [0.1, 0.15) is 10.8 Å². The highest BCUT2D eigenvalue weighted by Gasteiger charge is 2.10.